The van der Waals surface area contributed by atoms with Gasteiger partial charge in [0.05, 0.1) is 6.54 Å². The van der Waals surface area contributed by atoms with E-state index < -0.39 is 0 Å². The van der Waals surface area contributed by atoms with E-state index in [2.05, 4.69) is 87.0 Å². The second kappa shape index (κ2) is 10.4. The van der Waals surface area contributed by atoms with Gasteiger partial charge in [0.1, 0.15) is 0 Å². The van der Waals surface area contributed by atoms with E-state index in [0.717, 1.165) is 42.0 Å². The average molecular weight is 426 g/mol. The molecule has 0 saturated carbocycles. The number of H-pyrrole nitrogens is 1. The lowest BCUT2D eigenvalue weighted by atomic mass is 9.98. The molecule has 0 aliphatic rings. The van der Waals surface area contributed by atoms with Gasteiger partial charge in [-0.1, -0.05) is 74.5 Å². The summed E-state index contributed by atoms with van der Waals surface area (Å²) in [4.78, 5) is 4.65. The molecule has 0 unspecified atom stereocenters. The molecule has 0 bridgehead atoms. The first-order valence-corrected chi connectivity index (χ1v) is 10.9. The van der Waals surface area contributed by atoms with E-state index in [1.54, 1.807) is 0 Å². The van der Waals surface area contributed by atoms with E-state index in [9.17, 15) is 0 Å². The molecule has 0 saturated heterocycles. The first-order chi connectivity index (χ1) is 15.8. The van der Waals surface area contributed by atoms with Crippen molar-refractivity contribution in [3.05, 3.63) is 89.0 Å². The molecular weight excluding hydrogens is 398 g/mol. The normalized spacial score (nSPS) is 11.7. The predicted octanol–water partition coefficient (Wildman–Crippen LogP) is 4.94. The van der Waals surface area contributed by atoms with Crippen molar-refractivity contribution in [3.63, 3.8) is 0 Å². The number of benzene rings is 2. The second-order valence-corrected chi connectivity index (χ2v) is 7.49. The minimum atomic E-state index is 0.615. The van der Waals surface area contributed by atoms with E-state index in [-0.39, 0.29) is 0 Å². The Morgan fingerprint density at radius 1 is 0.906 bits per heavy atom. The van der Waals surface area contributed by atoms with Gasteiger partial charge in [-0.15, -0.1) is 10.2 Å². The van der Waals surface area contributed by atoms with Crippen LogP contribution in [-0.2, 0) is 13.0 Å². The molecule has 0 radical (unpaired) electrons. The summed E-state index contributed by atoms with van der Waals surface area (Å²) in [7, 11) is 0. The molecule has 0 spiro atoms. The first kappa shape index (κ1) is 21.4. The van der Waals surface area contributed by atoms with Crippen molar-refractivity contribution in [1.29, 1.82) is 0 Å². The summed E-state index contributed by atoms with van der Waals surface area (Å²) in [6.07, 6.45) is 10.9. The van der Waals surface area contributed by atoms with Crippen LogP contribution < -0.4 is 0 Å². The molecule has 7 heteroatoms. The maximum absolute atomic E-state index is 4.67. The number of allylic oxidation sites excluding steroid dienone is 2. The van der Waals surface area contributed by atoms with Crippen LogP contribution in [0.25, 0.3) is 23.5 Å². The molecule has 162 valence electrons. The van der Waals surface area contributed by atoms with Crippen molar-refractivity contribution >= 4 is 12.2 Å². The summed E-state index contributed by atoms with van der Waals surface area (Å²) in [5, 5.41) is 19.1. The monoisotopic (exact) mass is 425 g/mol. The Balaban J connectivity index is 1.51. The van der Waals surface area contributed by atoms with Crippen molar-refractivity contribution in [2.24, 2.45) is 0 Å². The Morgan fingerprint density at radius 3 is 2.41 bits per heavy atom. The second-order valence-electron chi connectivity index (χ2n) is 7.49. The number of rotatable bonds is 9. The fraction of sp³-hybridized carbons (Fsp3) is 0.240. The van der Waals surface area contributed by atoms with E-state index >= 15 is 0 Å². The quantitative estimate of drug-likeness (QED) is 0.410. The zero-order valence-corrected chi connectivity index (χ0v) is 18.4. The molecule has 32 heavy (non-hydrogen) atoms. The lowest BCUT2D eigenvalue weighted by Gasteiger charge is -2.08. The molecule has 0 atom stereocenters. The Hall–Kier alpha value is -3.87. The molecule has 0 aliphatic heterocycles. The third-order valence-corrected chi connectivity index (χ3v) is 5.08. The highest BCUT2D eigenvalue weighted by Crippen LogP contribution is 2.22. The number of tetrazole rings is 1. The molecule has 2 aromatic heterocycles. The highest BCUT2D eigenvalue weighted by atomic mass is 15.5. The highest BCUT2D eigenvalue weighted by Gasteiger charge is 2.10. The lowest BCUT2D eigenvalue weighted by Crippen LogP contribution is -2.04. The SMILES string of the molecule is CC/C=C/c1nc(/C=C/CC)n(Cc2ccc(Cc3ccccc3-c3nn[nH]n3)cc2)n1. The molecule has 0 aliphatic carbocycles. The van der Waals surface area contributed by atoms with Gasteiger partial charge < -0.3 is 0 Å². The fourth-order valence-corrected chi connectivity index (χ4v) is 3.45. The summed E-state index contributed by atoms with van der Waals surface area (Å²) in [6, 6.07) is 16.8. The largest absolute Gasteiger partial charge is 0.241 e. The fourth-order valence-electron chi connectivity index (χ4n) is 3.45. The van der Waals surface area contributed by atoms with Crippen LogP contribution in [0, 0.1) is 0 Å². The summed E-state index contributed by atoms with van der Waals surface area (Å²) < 4.78 is 1.96. The molecular formula is C25H27N7. The summed E-state index contributed by atoms with van der Waals surface area (Å²) in [5.41, 5.74) is 4.56. The van der Waals surface area contributed by atoms with Gasteiger partial charge >= 0.3 is 0 Å². The average Bonchev–Trinajstić information content (AvgIpc) is 3.48. The van der Waals surface area contributed by atoms with E-state index in [0.29, 0.717) is 12.4 Å². The smallest absolute Gasteiger partial charge is 0.204 e. The molecule has 2 aromatic carbocycles. The van der Waals surface area contributed by atoms with Crippen LogP contribution in [-0.4, -0.2) is 35.4 Å². The Labute approximate surface area is 187 Å². The molecule has 1 N–H and O–H groups in total. The van der Waals surface area contributed by atoms with E-state index in [1.807, 2.05) is 35.0 Å². The van der Waals surface area contributed by atoms with Crippen LogP contribution in [0.2, 0.25) is 0 Å². The van der Waals surface area contributed by atoms with Crippen LogP contribution in [0.3, 0.4) is 0 Å². The van der Waals surface area contributed by atoms with Crippen LogP contribution in [0.15, 0.2) is 60.7 Å². The van der Waals surface area contributed by atoms with Gasteiger partial charge in [-0.3, -0.25) is 0 Å². The van der Waals surface area contributed by atoms with Gasteiger partial charge in [0.15, 0.2) is 11.6 Å². The minimum Gasteiger partial charge on any atom is -0.241 e. The molecule has 0 fully saturated rings. The Bertz CT molecular complexity index is 1190. The maximum atomic E-state index is 4.67. The summed E-state index contributed by atoms with van der Waals surface area (Å²) in [5.74, 6) is 2.24. The third-order valence-electron chi connectivity index (χ3n) is 5.08. The van der Waals surface area contributed by atoms with Crippen molar-refractivity contribution in [1.82, 2.24) is 35.4 Å². The Morgan fingerprint density at radius 2 is 1.66 bits per heavy atom. The van der Waals surface area contributed by atoms with Gasteiger partial charge in [-0.2, -0.15) is 10.3 Å². The molecule has 4 rings (SSSR count). The summed E-state index contributed by atoms with van der Waals surface area (Å²) >= 11 is 0. The van der Waals surface area contributed by atoms with Gasteiger partial charge in [0.25, 0.3) is 0 Å². The Kier molecular flexibility index (Phi) is 6.97. The zero-order valence-electron chi connectivity index (χ0n) is 18.4. The number of nitrogens with one attached hydrogen (secondary N) is 1. The van der Waals surface area contributed by atoms with Gasteiger partial charge in [-0.05, 0) is 53.3 Å². The van der Waals surface area contributed by atoms with Crippen LogP contribution in [0.5, 0.6) is 0 Å². The van der Waals surface area contributed by atoms with Crippen molar-refractivity contribution in [2.75, 3.05) is 0 Å². The number of aromatic nitrogens is 7. The maximum Gasteiger partial charge on any atom is 0.204 e. The predicted molar refractivity (Wildman–Crippen MR) is 127 cm³/mol. The first-order valence-electron chi connectivity index (χ1n) is 10.9. The number of hydrogen-bond donors (Lipinski definition) is 1. The van der Waals surface area contributed by atoms with Crippen molar-refractivity contribution < 1.29 is 0 Å². The molecule has 4 aromatic rings. The van der Waals surface area contributed by atoms with E-state index in [4.69, 9.17) is 0 Å². The third kappa shape index (κ3) is 5.24. The zero-order chi connectivity index (χ0) is 22.2. The number of aromatic amines is 1. The minimum absolute atomic E-state index is 0.615. The summed E-state index contributed by atoms with van der Waals surface area (Å²) in [6.45, 7) is 4.90. The van der Waals surface area contributed by atoms with Crippen molar-refractivity contribution in [3.8, 4) is 11.4 Å². The molecule has 0 amide bonds. The van der Waals surface area contributed by atoms with Crippen LogP contribution in [0.4, 0.5) is 0 Å². The number of hydrogen-bond acceptors (Lipinski definition) is 5. The standard InChI is InChI=1S/C25H27N7/c1-3-5-11-23-26-24(12-6-4-2)32(29-23)18-20-15-13-19(14-16-20)17-21-9-7-8-10-22(21)25-27-30-31-28-25/h5-16H,3-4,17-18H2,1-2H3,(H,27,28,30,31)/b11-5+,12-6+. The van der Waals surface area contributed by atoms with Crippen LogP contribution in [0.1, 0.15) is 55.0 Å². The van der Waals surface area contributed by atoms with Crippen molar-refractivity contribution in [2.45, 2.75) is 39.7 Å². The van der Waals surface area contributed by atoms with Gasteiger partial charge in [0, 0.05) is 5.56 Å². The van der Waals surface area contributed by atoms with Gasteiger partial charge in [-0.25, -0.2) is 9.67 Å². The highest BCUT2D eigenvalue weighted by molar-refractivity contribution is 5.60. The molecule has 7 nitrogen and oxygen atoms in total. The molecule has 2 heterocycles. The topological polar surface area (TPSA) is 85.2 Å². The van der Waals surface area contributed by atoms with Gasteiger partial charge in [0.2, 0.25) is 5.82 Å². The van der Waals surface area contributed by atoms with E-state index in [1.165, 1.54) is 11.1 Å². The van der Waals surface area contributed by atoms with Crippen LogP contribution >= 0.6 is 0 Å². The lowest BCUT2D eigenvalue weighted by molar-refractivity contribution is 0.676. The number of nitrogens with zero attached hydrogens (tertiary/aromatic N) is 6.